The van der Waals surface area contributed by atoms with Crippen molar-refractivity contribution in [2.75, 3.05) is 19.6 Å². The van der Waals surface area contributed by atoms with Crippen LogP contribution in [0, 0.1) is 0 Å². The number of hydrogen-bond acceptors (Lipinski definition) is 2. The number of fused-ring (bicyclic) bond motifs is 1. The van der Waals surface area contributed by atoms with Crippen LogP contribution in [-0.2, 0) is 12.8 Å². The van der Waals surface area contributed by atoms with Gasteiger partial charge in [-0.05, 0) is 61.9 Å². The van der Waals surface area contributed by atoms with Gasteiger partial charge in [0.25, 0.3) is 0 Å². The predicted octanol–water partition coefficient (Wildman–Crippen LogP) is 2.30. The van der Waals surface area contributed by atoms with Crippen LogP contribution in [0.5, 0.6) is 0 Å². The summed E-state index contributed by atoms with van der Waals surface area (Å²) >= 11 is 0. The molecule has 3 rings (SSSR count). The maximum absolute atomic E-state index is 10.3. The lowest BCUT2D eigenvalue weighted by Gasteiger charge is -2.20. The van der Waals surface area contributed by atoms with Crippen molar-refractivity contribution in [3.8, 4) is 0 Å². The van der Waals surface area contributed by atoms with Gasteiger partial charge in [-0.3, -0.25) is 0 Å². The highest BCUT2D eigenvalue weighted by molar-refractivity contribution is 5.36. The fourth-order valence-corrected chi connectivity index (χ4v) is 3.11. The smallest absolute Gasteiger partial charge is 0.0917 e. The Morgan fingerprint density at radius 2 is 1.82 bits per heavy atom. The van der Waals surface area contributed by atoms with E-state index >= 15 is 0 Å². The minimum absolute atomic E-state index is 0.306. The van der Waals surface area contributed by atoms with Crippen molar-refractivity contribution in [1.82, 2.24) is 4.90 Å². The maximum atomic E-state index is 10.3. The highest BCUT2D eigenvalue weighted by atomic mass is 16.3. The second kappa shape index (κ2) is 4.79. The lowest BCUT2D eigenvalue weighted by atomic mass is 10.0. The SMILES string of the molecule is OC(CN1CCCC1)c1ccc2c(c1)CCC2. The molecule has 1 unspecified atom stereocenters. The number of β-amino-alcohol motifs (C(OH)–C–C–N with tert-alkyl or cyclic N) is 1. The molecule has 1 aromatic carbocycles. The molecule has 1 N–H and O–H groups in total. The van der Waals surface area contributed by atoms with E-state index in [1.165, 1.54) is 43.2 Å². The number of aryl methyl sites for hydroxylation is 2. The van der Waals surface area contributed by atoms with Crippen molar-refractivity contribution < 1.29 is 5.11 Å². The summed E-state index contributed by atoms with van der Waals surface area (Å²) in [4.78, 5) is 2.37. The number of rotatable bonds is 3. The molecule has 2 heteroatoms. The highest BCUT2D eigenvalue weighted by Gasteiger charge is 2.18. The van der Waals surface area contributed by atoms with E-state index in [0.717, 1.165) is 25.2 Å². The van der Waals surface area contributed by atoms with Crippen LogP contribution < -0.4 is 0 Å². The summed E-state index contributed by atoms with van der Waals surface area (Å²) in [5, 5.41) is 10.3. The van der Waals surface area contributed by atoms with Crippen molar-refractivity contribution in [2.24, 2.45) is 0 Å². The summed E-state index contributed by atoms with van der Waals surface area (Å²) in [6, 6.07) is 6.55. The van der Waals surface area contributed by atoms with E-state index in [9.17, 15) is 5.11 Å². The molecule has 1 heterocycles. The molecule has 1 aliphatic carbocycles. The Balaban J connectivity index is 1.70. The van der Waals surface area contributed by atoms with Crippen molar-refractivity contribution >= 4 is 0 Å². The minimum atomic E-state index is -0.306. The topological polar surface area (TPSA) is 23.5 Å². The third-order valence-electron chi connectivity index (χ3n) is 4.14. The molecule has 1 aromatic rings. The molecule has 1 fully saturated rings. The molecule has 0 radical (unpaired) electrons. The maximum Gasteiger partial charge on any atom is 0.0917 e. The average molecular weight is 231 g/mol. The summed E-state index contributed by atoms with van der Waals surface area (Å²) in [7, 11) is 0. The number of likely N-dealkylation sites (tertiary alicyclic amines) is 1. The molecule has 17 heavy (non-hydrogen) atoms. The third kappa shape index (κ3) is 2.38. The normalized spacial score (nSPS) is 21.7. The third-order valence-corrected chi connectivity index (χ3v) is 4.14. The lowest BCUT2D eigenvalue weighted by molar-refractivity contribution is 0.126. The fourth-order valence-electron chi connectivity index (χ4n) is 3.11. The van der Waals surface area contributed by atoms with Gasteiger partial charge in [-0.1, -0.05) is 18.2 Å². The van der Waals surface area contributed by atoms with Crippen molar-refractivity contribution in [3.63, 3.8) is 0 Å². The van der Waals surface area contributed by atoms with Crippen molar-refractivity contribution in [3.05, 3.63) is 34.9 Å². The summed E-state index contributed by atoms with van der Waals surface area (Å²) in [5.74, 6) is 0. The van der Waals surface area contributed by atoms with E-state index in [0.29, 0.717) is 0 Å². The van der Waals surface area contributed by atoms with Gasteiger partial charge in [-0.2, -0.15) is 0 Å². The highest BCUT2D eigenvalue weighted by Crippen LogP contribution is 2.26. The van der Waals surface area contributed by atoms with Crippen LogP contribution in [-0.4, -0.2) is 29.6 Å². The second-order valence-electron chi connectivity index (χ2n) is 5.41. The Hall–Kier alpha value is -0.860. The Morgan fingerprint density at radius 1 is 1.06 bits per heavy atom. The molecule has 1 aliphatic heterocycles. The average Bonchev–Trinajstić information content (AvgIpc) is 2.97. The van der Waals surface area contributed by atoms with E-state index in [2.05, 4.69) is 23.1 Å². The first kappa shape index (κ1) is 11.2. The van der Waals surface area contributed by atoms with E-state index in [-0.39, 0.29) is 6.10 Å². The first-order valence-corrected chi connectivity index (χ1v) is 6.85. The monoisotopic (exact) mass is 231 g/mol. The fraction of sp³-hybridized carbons (Fsp3) is 0.600. The standard InChI is InChI=1S/C15H21NO/c17-15(11-16-8-1-2-9-16)14-7-6-12-4-3-5-13(12)10-14/h6-7,10,15,17H,1-5,8-9,11H2. The van der Waals surface area contributed by atoms with Gasteiger partial charge in [0.05, 0.1) is 6.10 Å². The summed E-state index contributed by atoms with van der Waals surface area (Å²) in [6.45, 7) is 3.11. The van der Waals surface area contributed by atoms with Crippen LogP contribution in [0.15, 0.2) is 18.2 Å². The zero-order chi connectivity index (χ0) is 11.7. The Morgan fingerprint density at radius 3 is 2.65 bits per heavy atom. The minimum Gasteiger partial charge on any atom is -0.387 e. The van der Waals surface area contributed by atoms with E-state index in [1.807, 2.05) is 0 Å². The molecule has 0 bridgehead atoms. The Bertz CT molecular complexity index is 396. The van der Waals surface area contributed by atoms with Crippen LogP contribution in [0.25, 0.3) is 0 Å². The molecular weight excluding hydrogens is 210 g/mol. The molecule has 0 saturated carbocycles. The Kier molecular flexibility index (Phi) is 3.17. The number of aliphatic hydroxyl groups excluding tert-OH is 1. The van der Waals surface area contributed by atoms with Gasteiger partial charge < -0.3 is 10.0 Å². The molecule has 1 saturated heterocycles. The van der Waals surface area contributed by atoms with Gasteiger partial charge in [0.1, 0.15) is 0 Å². The largest absolute Gasteiger partial charge is 0.387 e. The van der Waals surface area contributed by atoms with Gasteiger partial charge in [0, 0.05) is 6.54 Å². The van der Waals surface area contributed by atoms with Gasteiger partial charge in [0.15, 0.2) is 0 Å². The number of hydrogen-bond donors (Lipinski definition) is 1. The Labute approximate surface area is 103 Å². The molecule has 0 spiro atoms. The van der Waals surface area contributed by atoms with Crippen LogP contribution in [0.4, 0.5) is 0 Å². The molecule has 0 aromatic heterocycles. The van der Waals surface area contributed by atoms with Gasteiger partial charge >= 0.3 is 0 Å². The van der Waals surface area contributed by atoms with Crippen LogP contribution >= 0.6 is 0 Å². The van der Waals surface area contributed by atoms with Crippen LogP contribution in [0.2, 0.25) is 0 Å². The molecule has 2 aliphatic rings. The van der Waals surface area contributed by atoms with E-state index in [4.69, 9.17) is 0 Å². The summed E-state index contributed by atoms with van der Waals surface area (Å²) < 4.78 is 0. The molecule has 2 nitrogen and oxygen atoms in total. The lowest BCUT2D eigenvalue weighted by Crippen LogP contribution is -2.25. The molecule has 92 valence electrons. The number of aliphatic hydroxyl groups is 1. The van der Waals surface area contributed by atoms with Gasteiger partial charge in [-0.15, -0.1) is 0 Å². The summed E-state index contributed by atoms with van der Waals surface area (Å²) in [6.07, 6.45) is 5.96. The van der Waals surface area contributed by atoms with Crippen molar-refractivity contribution in [2.45, 2.75) is 38.2 Å². The quantitative estimate of drug-likeness (QED) is 0.863. The molecular formula is C15H21NO. The molecule has 0 amide bonds. The zero-order valence-electron chi connectivity index (χ0n) is 10.4. The number of nitrogens with zero attached hydrogens (tertiary/aromatic N) is 1. The van der Waals surface area contributed by atoms with Gasteiger partial charge in [-0.25, -0.2) is 0 Å². The zero-order valence-corrected chi connectivity index (χ0v) is 10.4. The first-order chi connectivity index (χ1) is 8.33. The first-order valence-electron chi connectivity index (χ1n) is 6.85. The van der Waals surface area contributed by atoms with Crippen LogP contribution in [0.3, 0.4) is 0 Å². The van der Waals surface area contributed by atoms with E-state index in [1.54, 1.807) is 0 Å². The van der Waals surface area contributed by atoms with E-state index < -0.39 is 0 Å². The van der Waals surface area contributed by atoms with Crippen molar-refractivity contribution in [1.29, 1.82) is 0 Å². The van der Waals surface area contributed by atoms with Crippen LogP contribution in [0.1, 0.15) is 42.1 Å². The molecule has 1 atom stereocenters. The predicted molar refractivity (Wildman–Crippen MR) is 69.1 cm³/mol. The summed E-state index contributed by atoms with van der Waals surface area (Å²) in [5.41, 5.74) is 4.06. The number of benzene rings is 1. The second-order valence-corrected chi connectivity index (χ2v) is 5.41. The van der Waals surface area contributed by atoms with Gasteiger partial charge in [0.2, 0.25) is 0 Å².